The normalized spacial score (nSPS) is 11.7. The van der Waals surface area contributed by atoms with Crippen molar-refractivity contribution in [2.45, 2.75) is 25.7 Å². The zero-order valence-corrected chi connectivity index (χ0v) is 12.6. The molecule has 0 saturated carbocycles. The van der Waals surface area contributed by atoms with E-state index in [9.17, 15) is 17.6 Å². The monoisotopic (exact) mass is 302 g/mol. The number of carbonyl (C=O) groups excluding carboxylic acids is 1. The summed E-state index contributed by atoms with van der Waals surface area (Å²) >= 11 is 0. The second kappa shape index (κ2) is 6.81. The Hall–Kier alpha value is -1.47. The lowest BCUT2D eigenvalue weighted by molar-refractivity contribution is -0.120. The van der Waals surface area contributed by atoms with Crippen LogP contribution in [0.15, 0.2) is 23.1 Å². The number of benzene rings is 1. The Bertz CT molecular complexity index is 585. The second-order valence-corrected chi connectivity index (χ2v) is 6.70. The number of halogens is 1. The van der Waals surface area contributed by atoms with Crippen LogP contribution in [0.1, 0.15) is 19.4 Å². The molecule has 1 aromatic carbocycles. The number of hydrogen-bond acceptors (Lipinski definition) is 3. The van der Waals surface area contributed by atoms with Crippen molar-refractivity contribution >= 4 is 15.9 Å². The number of hydrogen-bond donors (Lipinski definition) is 2. The molecule has 0 bridgehead atoms. The largest absolute Gasteiger partial charge is 0.355 e. The van der Waals surface area contributed by atoms with E-state index >= 15 is 0 Å². The standard InChI is InChI=1S/C13H19FN2O3S/c1-9(2)7-15-13(17)8-16-20(18,19)11-4-5-12(14)10(3)6-11/h4-6,9,16H,7-8H2,1-3H3,(H,15,17). The van der Waals surface area contributed by atoms with Gasteiger partial charge >= 0.3 is 0 Å². The minimum Gasteiger partial charge on any atom is -0.355 e. The average molecular weight is 302 g/mol. The number of carbonyl (C=O) groups is 1. The molecule has 0 radical (unpaired) electrons. The van der Waals surface area contributed by atoms with E-state index in [0.29, 0.717) is 6.54 Å². The number of sulfonamides is 1. The fourth-order valence-corrected chi connectivity index (χ4v) is 2.48. The van der Waals surface area contributed by atoms with E-state index in [1.165, 1.54) is 13.0 Å². The van der Waals surface area contributed by atoms with Crippen LogP contribution >= 0.6 is 0 Å². The van der Waals surface area contributed by atoms with Gasteiger partial charge in [-0.2, -0.15) is 0 Å². The van der Waals surface area contributed by atoms with Crippen LogP contribution in [0.3, 0.4) is 0 Å². The van der Waals surface area contributed by atoms with E-state index in [2.05, 4.69) is 10.0 Å². The smallest absolute Gasteiger partial charge is 0.241 e. The topological polar surface area (TPSA) is 75.3 Å². The highest BCUT2D eigenvalue weighted by Crippen LogP contribution is 2.13. The molecule has 0 heterocycles. The molecule has 20 heavy (non-hydrogen) atoms. The summed E-state index contributed by atoms with van der Waals surface area (Å²) in [5, 5.41) is 2.60. The van der Waals surface area contributed by atoms with Crippen LogP contribution in [-0.4, -0.2) is 27.4 Å². The third-order valence-electron chi connectivity index (χ3n) is 2.57. The SMILES string of the molecule is Cc1cc(S(=O)(=O)NCC(=O)NCC(C)C)ccc1F. The summed E-state index contributed by atoms with van der Waals surface area (Å²) in [6.07, 6.45) is 0. The fourth-order valence-electron chi connectivity index (χ4n) is 1.41. The summed E-state index contributed by atoms with van der Waals surface area (Å²) in [6, 6.07) is 3.48. The number of aryl methyl sites for hydroxylation is 1. The van der Waals surface area contributed by atoms with Crippen LogP contribution in [0, 0.1) is 18.7 Å². The second-order valence-electron chi connectivity index (χ2n) is 4.93. The first kappa shape index (κ1) is 16.6. The molecule has 0 aliphatic heterocycles. The van der Waals surface area contributed by atoms with Crippen LogP contribution in [0.2, 0.25) is 0 Å². The minimum absolute atomic E-state index is 0.0620. The number of rotatable bonds is 6. The van der Waals surface area contributed by atoms with Crippen molar-refractivity contribution in [1.29, 1.82) is 0 Å². The van der Waals surface area contributed by atoms with Crippen LogP contribution in [0.25, 0.3) is 0 Å². The van der Waals surface area contributed by atoms with Crippen molar-refractivity contribution in [3.8, 4) is 0 Å². The number of amides is 1. The van der Waals surface area contributed by atoms with Gasteiger partial charge in [-0.05, 0) is 36.6 Å². The molecule has 0 aliphatic rings. The zero-order valence-electron chi connectivity index (χ0n) is 11.7. The number of nitrogens with one attached hydrogen (secondary N) is 2. The molecule has 112 valence electrons. The lowest BCUT2D eigenvalue weighted by Gasteiger charge is -2.09. The van der Waals surface area contributed by atoms with Crippen molar-refractivity contribution in [3.63, 3.8) is 0 Å². The van der Waals surface area contributed by atoms with E-state index in [1.54, 1.807) is 0 Å². The van der Waals surface area contributed by atoms with Crippen molar-refractivity contribution in [2.24, 2.45) is 5.92 Å². The van der Waals surface area contributed by atoms with E-state index in [4.69, 9.17) is 0 Å². The molecule has 0 spiro atoms. The fraction of sp³-hybridized carbons (Fsp3) is 0.462. The molecular weight excluding hydrogens is 283 g/mol. The van der Waals surface area contributed by atoms with Crippen LogP contribution < -0.4 is 10.0 Å². The van der Waals surface area contributed by atoms with Gasteiger partial charge in [0.15, 0.2) is 0 Å². The molecule has 0 atom stereocenters. The van der Waals surface area contributed by atoms with Gasteiger partial charge in [0.05, 0.1) is 11.4 Å². The Morgan fingerprint density at radius 3 is 2.55 bits per heavy atom. The quantitative estimate of drug-likeness (QED) is 0.828. The van der Waals surface area contributed by atoms with E-state index < -0.39 is 21.7 Å². The minimum atomic E-state index is -3.81. The molecule has 1 rings (SSSR count). The summed E-state index contributed by atoms with van der Waals surface area (Å²) in [6.45, 7) is 5.49. The highest BCUT2D eigenvalue weighted by Gasteiger charge is 2.16. The van der Waals surface area contributed by atoms with Crippen molar-refractivity contribution < 1.29 is 17.6 Å². The van der Waals surface area contributed by atoms with Crippen molar-refractivity contribution in [3.05, 3.63) is 29.6 Å². The van der Waals surface area contributed by atoms with Gasteiger partial charge in [0.2, 0.25) is 15.9 Å². The molecule has 0 aromatic heterocycles. The van der Waals surface area contributed by atoms with Gasteiger partial charge in [-0.15, -0.1) is 0 Å². The molecule has 7 heteroatoms. The Kier molecular flexibility index (Phi) is 5.64. The van der Waals surface area contributed by atoms with E-state index in [-0.39, 0.29) is 22.9 Å². The van der Waals surface area contributed by atoms with Crippen molar-refractivity contribution in [2.75, 3.05) is 13.1 Å². The maximum Gasteiger partial charge on any atom is 0.241 e. The first-order valence-electron chi connectivity index (χ1n) is 6.25. The van der Waals surface area contributed by atoms with E-state index in [1.807, 2.05) is 13.8 Å². The van der Waals surface area contributed by atoms with Gasteiger partial charge in [0, 0.05) is 6.54 Å². The predicted octanol–water partition coefficient (Wildman–Crippen LogP) is 1.18. The molecule has 2 N–H and O–H groups in total. The summed E-state index contributed by atoms with van der Waals surface area (Å²) in [4.78, 5) is 11.4. The summed E-state index contributed by atoms with van der Waals surface area (Å²) in [7, 11) is -3.81. The molecule has 0 unspecified atom stereocenters. The lowest BCUT2D eigenvalue weighted by atomic mass is 10.2. The van der Waals surface area contributed by atoms with E-state index in [0.717, 1.165) is 12.1 Å². The lowest BCUT2D eigenvalue weighted by Crippen LogP contribution is -2.38. The van der Waals surface area contributed by atoms with Gasteiger partial charge in [-0.1, -0.05) is 13.8 Å². The first-order chi connectivity index (χ1) is 9.22. The Morgan fingerprint density at radius 1 is 1.35 bits per heavy atom. The maximum absolute atomic E-state index is 13.1. The highest BCUT2D eigenvalue weighted by atomic mass is 32.2. The maximum atomic E-state index is 13.1. The first-order valence-corrected chi connectivity index (χ1v) is 7.73. The highest BCUT2D eigenvalue weighted by molar-refractivity contribution is 7.89. The third-order valence-corrected chi connectivity index (χ3v) is 3.97. The van der Waals surface area contributed by atoms with Crippen LogP contribution in [-0.2, 0) is 14.8 Å². The summed E-state index contributed by atoms with van der Waals surface area (Å²) in [5.74, 6) is -0.588. The van der Waals surface area contributed by atoms with Crippen LogP contribution in [0.5, 0.6) is 0 Å². The van der Waals surface area contributed by atoms with Gasteiger partial charge < -0.3 is 5.32 Å². The van der Waals surface area contributed by atoms with Gasteiger partial charge in [-0.25, -0.2) is 17.5 Å². The average Bonchev–Trinajstić information content (AvgIpc) is 2.37. The molecule has 5 nitrogen and oxygen atoms in total. The third kappa shape index (κ3) is 4.90. The van der Waals surface area contributed by atoms with Gasteiger partial charge in [0.25, 0.3) is 0 Å². The van der Waals surface area contributed by atoms with Gasteiger partial charge in [0.1, 0.15) is 5.82 Å². The van der Waals surface area contributed by atoms with Crippen molar-refractivity contribution in [1.82, 2.24) is 10.0 Å². The molecule has 0 saturated heterocycles. The molecular formula is C13H19FN2O3S. The molecule has 1 aromatic rings. The Balaban J connectivity index is 2.66. The molecule has 0 fully saturated rings. The summed E-state index contributed by atoms with van der Waals surface area (Å²) < 4.78 is 39.1. The Morgan fingerprint density at radius 2 is 2.00 bits per heavy atom. The predicted molar refractivity (Wildman–Crippen MR) is 74.2 cm³/mol. The Labute approximate surface area is 118 Å². The molecule has 0 aliphatic carbocycles. The molecule has 1 amide bonds. The zero-order chi connectivity index (χ0) is 15.3. The summed E-state index contributed by atoms with van der Waals surface area (Å²) in [5.41, 5.74) is 0.233. The van der Waals surface area contributed by atoms with Gasteiger partial charge in [-0.3, -0.25) is 4.79 Å². The van der Waals surface area contributed by atoms with Crippen LogP contribution in [0.4, 0.5) is 4.39 Å².